The third-order valence-corrected chi connectivity index (χ3v) is 16.5. The largest absolute Gasteiger partial charge is 0.489 e. The highest BCUT2D eigenvalue weighted by molar-refractivity contribution is 7.89. The van der Waals surface area contributed by atoms with Gasteiger partial charge in [-0.05, 0) is 116 Å². The van der Waals surface area contributed by atoms with Gasteiger partial charge in [0.25, 0.3) is 0 Å². The van der Waals surface area contributed by atoms with Crippen LogP contribution < -0.4 is 39.5 Å². The normalized spacial score (nSPS) is 14.5. The van der Waals surface area contributed by atoms with Crippen LogP contribution in [0, 0.1) is 11.8 Å². The minimum absolute atomic E-state index is 0.0192. The standard InChI is InChI=1S/C33H42N2O8S.C28H34N2O6S/c1-23(2)19-35(44(38,39)27-15-16-30-31(18-27)42-22-41-30)20-29(36)28(34-32(37)43-33(3,4)5)17-24-11-13-26(14-12-24)40-21-25-9-7-6-8-10-25;1-20(2)16-30(37(32,33)24-12-13-27-28(15-24)36-19-35-27)17-26(31)25(29)14-21-8-10-23(11-9-21)34-18-22-6-4-3-5-7-22/h6-16,18,23,28-29,36H,17,19-22H2,1-5H3,(H,34,37);3-13,15,20,25-26,31H,14,16-19,29H2,1-2H3/t28-,29+;25-,26+/m00/s1. The number of carbonyl (C=O) groups is 1. The number of amides is 1. The molecule has 5 N–H and O–H groups in total. The van der Waals surface area contributed by atoms with E-state index >= 15 is 0 Å². The highest BCUT2D eigenvalue weighted by atomic mass is 32.2. The van der Waals surface area contributed by atoms with Crippen LogP contribution in [0.2, 0.25) is 0 Å². The number of carbonyl (C=O) groups excluding carboxylic acids is 1. The first-order chi connectivity index (χ1) is 38.5. The maximum atomic E-state index is 13.8. The molecule has 2 aliphatic rings. The summed E-state index contributed by atoms with van der Waals surface area (Å²) in [5.41, 5.74) is 9.42. The van der Waals surface area contributed by atoms with Crippen molar-refractivity contribution in [1.29, 1.82) is 0 Å². The van der Waals surface area contributed by atoms with E-state index in [0.717, 1.165) is 28.0 Å². The Morgan fingerprint density at radius 2 is 0.963 bits per heavy atom. The van der Waals surface area contributed by atoms with Crippen LogP contribution in [0.4, 0.5) is 4.79 Å². The number of benzene rings is 6. The van der Waals surface area contributed by atoms with Gasteiger partial charge < -0.3 is 54.4 Å². The Kier molecular flexibility index (Phi) is 21.5. The minimum Gasteiger partial charge on any atom is -0.489 e. The molecule has 0 unspecified atom stereocenters. The summed E-state index contributed by atoms with van der Waals surface area (Å²) < 4.78 is 95.5. The minimum atomic E-state index is -4.03. The van der Waals surface area contributed by atoms with Crippen LogP contribution in [-0.4, -0.2) is 111 Å². The molecular weight excluding hydrogens is 1080 g/mol. The highest BCUT2D eigenvalue weighted by Gasteiger charge is 2.34. The number of hydrogen-bond donors (Lipinski definition) is 4. The summed E-state index contributed by atoms with van der Waals surface area (Å²) in [6, 6.07) is 42.1. The number of fused-ring (bicyclic) bond motifs is 2. The van der Waals surface area contributed by atoms with Crippen molar-refractivity contribution in [2.45, 2.75) is 114 Å². The quantitative estimate of drug-likeness (QED) is 0.0420. The van der Waals surface area contributed by atoms with Crippen molar-refractivity contribution in [1.82, 2.24) is 13.9 Å². The molecule has 4 atom stereocenters. The average Bonchev–Trinajstić information content (AvgIpc) is 4.37. The molecule has 0 saturated heterocycles. The topological polar surface area (TPSA) is 235 Å². The van der Waals surface area contributed by atoms with Crippen molar-refractivity contribution in [3.05, 3.63) is 168 Å². The Balaban J connectivity index is 0.000000237. The third kappa shape index (κ3) is 18.3. The number of sulfonamides is 2. The summed E-state index contributed by atoms with van der Waals surface area (Å²) in [6.07, 6.45) is -2.42. The Morgan fingerprint density at radius 3 is 1.38 bits per heavy atom. The van der Waals surface area contributed by atoms with Crippen LogP contribution in [0.5, 0.6) is 34.5 Å². The molecule has 2 aliphatic heterocycles. The van der Waals surface area contributed by atoms with Gasteiger partial charge in [-0.3, -0.25) is 0 Å². The number of nitrogens with two attached hydrogens (primary N) is 1. The van der Waals surface area contributed by atoms with Gasteiger partial charge in [-0.15, -0.1) is 0 Å². The molecule has 0 aromatic heterocycles. The summed E-state index contributed by atoms with van der Waals surface area (Å²) in [5.74, 6) is 3.14. The molecule has 0 spiro atoms. The monoisotopic (exact) mass is 1150 g/mol. The third-order valence-electron chi connectivity index (χ3n) is 12.8. The smallest absolute Gasteiger partial charge is 0.407 e. The Bertz CT molecular complexity index is 3180. The predicted octanol–water partition coefficient (Wildman–Crippen LogP) is 8.71. The SMILES string of the molecule is CC(C)CN(C[C@@H](O)[C@@H](N)Cc1ccc(OCc2ccccc2)cc1)S(=O)(=O)c1ccc2c(c1)OCO2.CC(C)CN(C[C@@H](O)[C@H](Cc1ccc(OCc2ccccc2)cc1)NC(=O)OC(C)(C)C)S(=O)(=O)c1ccc2c(c1)OCO2. The molecule has 18 nitrogen and oxygen atoms in total. The molecule has 2 heterocycles. The number of aliphatic hydroxyl groups excluding tert-OH is 2. The van der Waals surface area contributed by atoms with Crippen molar-refractivity contribution in [2.75, 3.05) is 39.8 Å². The number of hydrogen-bond acceptors (Lipinski definition) is 15. The van der Waals surface area contributed by atoms with Gasteiger partial charge in [0.1, 0.15) is 30.3 Å². The second-order valence-corrected chi connectivity index (χ2v) is 25.6. The zero-order valence-corrected chi connectivity index (χ0v) is 48.6. The summed E-state index contributed by atoms with van der Waals surface area (Å²) in [6.45, 7) is 13.9. The van der Waals surface area contributed by atoms with Gasteiger partial charge in [0.15, 0.2) is 23.0 Å². The van der Waals surface area contributed by atoms with E-state index in [1.807, 2.05) is 137 Å². The van der Waals surface area contributed by atoms with E-state index in [2.05, 4.69) is 5.32 Å². The van der Waals surface area contributed by atoms with Crippen molar-refractivity contribution in [3.8, 4) is 34.5 Å². The van der Waals surface area contributed by atoms with Gasteiger partial charge in [0, 0.05) is 44.4 Å². The maximum Gasteiger partial charge on any atom is 0.407 e. The van der Waals surface area contributed by atoms with Crippen molar-refractivity contribution in [2.24, 2.45) is 17.6 Å². The molecule has 6 aromatic carbocycles. The molecule has 0 aliphatic carbocycles. The van der Waals surface area contributed by atoms with E-state index in [9.17, 15) is 31.8 Å². The fraction of sp³-hybridized carbons (Fsp3) is 0.393. The summed E-state index contributed by atoms with van der Waals surface area (Å²) >= 11 is 0. The van der Waals surface area contributed by atoms with E-state index in [4.69, 9.17) is 38.9 Å². The van der Waals surface area contributed by atoms with Crippen LogP contribution in [0.1, 0.15) is 70.7 Å². The average molecular weight is 1150 g/mol. The van der Waals surface area contributed by atoms with Gasteiger partial charge in [-0.1, -0.05) is 113 Å². The highest BCUT2D eigenvalue weighted by Crippen LogP contribution is 2.36. The molecule has 81 heavy (non-hydrogen) atoms. The first-order valence-corrected chi connectivity index (χ1v) is 29.8. The molecule has 8 rings (SSSR count). The number of alkyl carbamates (subject to hydrolysis) is 1. The van der Waals surface area contributed by atoms with E-state index in [0.29, 0.717) is 48.4 Å². The lowest BCUT2D eigenvalue weighted by atomic mass is 10.0. The van der Waals surface area contributed by atoms with E-state index < -0.39 is 56.0 Å². The molecular formula is C61H76N4O14S2. The van der Waals surface area contributed by atoms with Crippen LogP contribution in [-0.2, 0) is 50.8 Å². The molecule has 0 bridgehead atoms. The molecule has 0 radical (unpaired) electrons. The van der Waals surface area contributed by atoms with Crippen LogP contribution in [0.25, 0.3) is 0 Å². The number of rotatable bonds is 25. The van der Waals surface area contributed by atoms with Gasteiger partial charge in [-0.2, -0.15) is 8.61 Å². The van der Waals surface area contributed by atoms with Gasteiger partial charge in [0.05, 0.1) is 28.0 Å². The molecule has 0 fully saturated rings. The predicted molar refractivity (Wildman–Crippen MR) is 307 cm³/mol. The number of aliphatic hydroxyl groups is 2. The first-order valence-electron chi connectivity index (χ1n) is 26.9. The molecule has 0 saturated carbocycles. The second-order valence-electron chi connectivity index (χ2n) is 21.8. The Hall–Kier alpha value is -6.91. The van der Waals surface area contributed by atoms with Crippen LogP contribution in [0.3, 0.4) is 0 Å². The fourth-order valence-corrected chi connectivity index (χ4v) is 12.0. The zero-order valence-electron chi connectivity index (χ0n) is 47.0. The van der Waals surface area contributed by atoms with Crippen molar-refractivity contribution >= 4 is 26.1 Å². The Labute approximate surface area is 476 Å². The lowest BCUT2D eigenvalue weighted by molar-refractivity contribution is 0.0400. The number of nitrogens with one attached hydrogen (secondary N) is 1. The molecule has 1 amide bonds. The summed E-state index contributed by atoms with van der Waals surface area (Å²) in [4.78, 5) is 12.9. The molecule has 20 heteroatoms. The Morgan fingerprint density at radius 1 is 0.556 bits per heavy atom. The number of nitrogens with zero attached hydrogens (tertiary/aromatic N) is 2. The zero-order chi connectivity index (χ0) is 58.3. The summed E-state index contributed by atoms with van der Waals surface area (Å²) in [5, 5.41) is 25.1. The lowest BCUT2D eigenvalue weighted by Crippen LogP contribution is -2.51. The molecule has 6 aromatic rings. The maximum absolute atomic E-state index is 13.8. The second kappa shape index (κ2) is 28.2. The van der Waals surface area contributed by atoms with E-state index in [1.54, 1.807) is 32.9 Å². The van der Waals surface area contributed by atoms with E-state index in [1.165, 1.54) is 32.9 Å². The van der Waals surface area contributed by atoms with Gasteiger partial charge in [-0.25, -0.2) is 21.6 Å². The first kappa shape index (κ1) is 61.7. The van der Waals surface area contributed by atoms with Gasteiger partial charge >= 0.3 is 6.09 Å². The van der Waals surface area contributed by atoms with Crippen molar-refractivity contribution < 1.29 is 65.0 Å². The molecule has 436 valence electrons. The number of ether oxygens (including phenoxy) is 7. The lowest BCUT2D eigenvalue weighted by Gasteiger charge is -2.31. The van der Waals surface area contributed by atoms with Crippen molar-refractivity contribution in [3.63, 3.8) is 0 Å². The van der Waals surface area contributed by atoms with Gasteiger partial charge in [0.2, 0.25) is 33.6 Å². The van der Waals surface area contributed by atoms with E-state index in [-0.39, 0.29) is 67.8 Å². The summed E-state index contributed by atoms with van der Waals surface area (Å²) in [7, 11) is -7.92. The van der Waals surface area contributed by atoms with Crippen LogP contribution >= 0.6 is 0 Å². The van der Waals surface area contributed by atoms with Crippen LogP contribution in [0.15, 0.2) is 155 Å². The fourth-order valence-electron chi connectivity index (χ4n) is 8.74.